The van der Waals surface area contributed by atoms with Gasteiger partial charge in [-0.05, 0) is 36.1 Å². The normalized spacial score (nSPS) is 11.7. The largest absolute Gasteiger partial charge is 0.497 e. The summed E-state index contributed by atoms with van der Waals surface area (Å²) in [6.45, 7) is 2.13. The number of hydrogen-bond donors (Lipinski definition) is 1. The minimum Gasteiger partial charge on any atom is -0.497 e. The predicted octanol–water partition coefficient (Wildman–Crippen LogP) is 3.46. The monoisotopic (exact) mass is 352 g/mol. The van der Waals surface area contributed by atoms with Gasteiger partial charge in [-0.3, -0.25) is 14.9 Å². The Bertz CT molecular complexity index is 685. The third-order valence-corrected chi connectivity index (χ3v) is 5.22. The third-order valence-electron chi connectivity index (χ3n) is 3.07. The van der Waals surface area contributed by atoms with E-state index in [1.807, 2.05) is 24.3 Å². The van der Waals surface area contributed by atoms with Crippen molar-refractivity contribution >= 4 is 34.0 Å². The molecule has 1 N–H and O–H groups in total. The number of carbonyl (C=O) groups is 1. The van der Waals surface area contributed by atoms with E-state index in [9.17, 15) is 14.9 Å². The molecule has 0 radical (unpaired) electrons. The van der Waals surface area contributed by atoms with Gasteiger partial charge >= 0.3 is 5.00 Å². The lowest BCUT2D eigenvalue weighted by molar-refractivity contribution is -0.382. The molecule has 0 aliphatic rings. The minimum atomic E-state index is -0.422. The average Bonchev–Trinajstić information content (AvgIpc) is 3.01. The number of thiophene rings is 1. The number of carbonyl (C=O) groups excluding carboxylic acids is 1. The summed E-state index contributed by atoms with van der Waals surface area (Å²) in [5.74, 6) is 0.597. The maximum atomic E-state index is 12.1. The SMILES string of the molecule is COc1ccc(CNC(=O)[C@@H](C)Sc2ccsc2[N+](=O)[O-])cc1. The van der Waals surface area contributed by atoms with Crippen LogP contribution in [-0.4, -0.2) is 23.2 Å². The summed E-state index contributed by atoms with van der Waals surface area (Å²) in [5.41, 5.74) is 0.956. The molecule has 23 heavy (non-hydrogen) atoms. The van der Waals surface area contributed by atoms with E-state index >= 15 is 0 Å². The molecule has 0 aliphatic carbocycles. The van der Waals surface area contributed by atoms with Gasteiger partial charge in [0.2, 0.25) is 5.91 Å². The van der Waals surface area contributed by atoms with Crippen molar-refractivity contribution in [3.63, 3.8) is 0 Å². The van der Waals surface area contributed by atoms with Crippen molar-refractivity contribution < 1.29 is 14.5 Å². The Balaban J connectivity index is 1.89. The predicted molar refractivity (Wildman–Crippen MR) is 91.1 cm³/mol. The summed E-state index contributed by atoms with van der Waals surface area (Å²) in [5, 5.41) is 15.0. The molecule has 2 rings (SSSR count). The summed E-state index contributed by atoms with van der Waals surface area (Å²) in [6, 6.07) is 9.07. The van der Waals surface area contributed by atoms with E-state index in [1.165, 1.54) is 11.8 Å². The zero-order valence-corrected chi connectivity index (χ0v) is 14.3. The molecule has 0 spiro atoms. The Morgan fingerprint density at radius 2 is 2.09 bits per heavy atom. The molecule has 2 aromatic rings. The van der Waals surface area contributed by atoms with E-state index in [1.54, 1.807) is 25.5 Å². The van der Waals surface area contributed by atoms with Crippen molar-refractivity contribution in [2.45, 2.75) is 23.6 Å². The Kier molecular flexibility index (Phi) is 6.00. The maximum Gasteiger partial charge on any atom is 0.337 e. The molecule has 1 heterocycles. The highest BCUT2D eigenvalue weighted by molar-refractivity contribution is 8.00. The summed E-state index contributed by atoms with van der Waals surface area (Å²) in [7, 11) is 1.60. The topological polar surface area (TPSA) is 81.5 Å². The first-order valence-corrected chi connectivity index (χ1v) is 8.56. The first-order valence-electron chi connectivity index (χ1n) is 6.80. The molecule has 0 unspecified atom stereocenters. The number of nitrogens with zero attached hydrogens (tertiary/aromatic N) is 1. The summed E-state index contributed by atoms with van der Waals surface area (Å²) >= 11 is 2.25. The van der Waals surface area contributed by atoms with Crippen LogP contribution >= 0.6 is 23.1 Å². The van der Waals surface area contributed by atoms with E-state index in [0.717, 1.165) is 22.6 Å². The Morgan fingerprint density at radius 1 is 1.39 bits per heavy atom. The van der Waals surface area contributed by atoms with E-state index in [2.05, 4.69) is 5.32 Å². The quantitative estimate of drug-likeness (QED) is 0.469. The molecule has 0 bridgehead atoms. The van der Waals surface area contributed by atoms with Crippen LogP contribution in [0.4, 0.5) is 5.00 Å². The van der Waals surface area contributed by atoms with Gasteiger partial charge in [0.15, 0.2) is 0 Å². The number of amides is 1. The Labute approximate surface area is 142 Å². The summed E-state index contributed by atoms with van der Waals surface area (Å²) < 4.78 is 5.08. The van der Waals surface area contributed by atoms with Gasteiger partial charge < -0.3 is 10.1 Å². The summed E-state index contributed by atoms with van der Waals surface area (Å²) in [6.07, 6.45) is 0. The molecule has 0 saturated heterocycles. The van der Waals surface area contributed by atoms with Gasteiger partial charge in [-0.2, -0.15) is 0 Å². The first-order chi connectivity index (χ1) is 11.0. The zero-order chi connectivity index (χ0) is 16.8. The first kappa shape index (κ1) is 17.3. The fourth-order valence-corrected chi connectivity index (χ4v) is 3.70. The molecule has 1 atom stereocenters. The lowest BCUT2D eigenvalue weighted by atomic mass is 10.2. The van der Waals surface area contributed by atoms with Gasteiger partial charge in [-0.25, -0.2) is 0 Å². The van der Waals surface area contributed by atoms with Crippen molar-refractivity contribution in [2.24, 2.45) is 0 Å². The van der Waals surface area contributed by atoms with Crippen LogP contribution in [0, 0.1) is 10.1 Å². The molecule has 6 nitrogen and oxygen atoms in total. The van der Waals surface area contributed by atoms with E-state index < -0.39 is 10.2 Å². The van der Waals surface area contributed by atoms with Gasteiger partial charge in [0.25, 0.3) is 0 Å². The lowest BCUT2D eigenvalue weighted by Gasteiger charge is -2.11. The third kappa shape index (κ3) is 4.70. The number of nitrogens with one attached hydrogen (secondary N) is 1. The van der Waals surface area contributed by atoms with Gasteiger partial charge in [0.05, 0.1) is 22.2 Å². The second-order valence-electron chi connectivity index (χ2n) is 4.67. The molecule has 122 valence electrons. The number of rotatable bonds is 7. The molecule has 1 aromatic carbocycles. The Morgan fingerprint density at radius 3 is 2.70 bits per heavy atom. The number of hydrogen-bond acceptors (Lipinski definition) is 6. The number of benzene rings is 1. The van der Waals surface area contributed by atoms with Crippen LogP contribution in [0.15, 0.2) is 40.6 Å². The summed E-state index contributed by atoms with van der Waals surface area (Å²) in [4.78, 5) is 23.1. The van der Waals surface area contributed by atoms with Crippen molar-refractivity contribution in [2.75, 3.05) is 7.11 Å². The van der Waals surface area contributed by atoms with Crippen LogP contribution < -0.4 is 10.1 Å². The molecule has 1 aromatic heterocycles. The van der Waals surface area contributed by atoms with Crippen LogP contribution in [0.3, 0.4) is 0 Å². The van der Waals surface area contributed by atoms with Gasteiger partial charge in [0, 0.05) is 6.54 Å². The van der Waals surface area contributed by atoms with Crippen molar-refractivity contribution in [3.8, 4) is 5.75 Å². The highest BCUT2D eigenvalue weighted by Crippen LogP contribution is 2.36. The minimum absolute atomic E-state index is 0.0739. The smallest absolute Gasteiger partial charge is 0.337 e. The second-order valence-corrected chi connectivity index (χ2v) is 6.95. The highest BCUT2D eigenvalue weighted by Gasteiger charge is 2.21. The molecule has 0 aliphatic heterocycles. The fourth-order valence-electron chi connectivity index (χ4n) is 1.83. The average molecular weight is 352 g/mol. The van der Waals surface area contributed by atoms with Crippen LogP contribution in [0.1, 0.15) is 12.5 Å². The molecular formula is C15H16N2O4S2. The number of ether oxygens (including phenoxy) is 1. The molecule has 8 heteroatoms. The molecule has 0 saturated carbocycles. The number of thioether (sulfide) groups is 1. The second kappa shape index (κ2) is 7.98. The maximum absolute atomic E-state index is 12.1. The van der Waals surface area contributed by atoms with Crippen LogP contribution in [0.5, 0.6) is 5.75 Å². The van der Waals surface area contributed by atoms with Crippen LogP contribution in [0.2, 0.25) is 0 Å². The number of methoxy groups -OCH3 is 1. The highest BCUT2D eigenvalue weighted by atomic mass is 32.2. The van der Waals surface area contributed by atoms with Crippen LogP contribution in [-0.2, 0) is 11.3 Å². The zero-order valence-electron chi connectivity index (χ0n) is 12.6. The van der Waals surface area contributed by atoms with E-state index in [-0.39, 0.29) is 10.9 Å². The standard InChI is InChI=1S/C15H16N2O4S2/c1-10(23-13-7-8-22-15(13)17(19)20)14(18)16-9-11-3-5-12(21-2)6-4-11/h3-8,10H,9H2,1-2H3,(H,16,18)/t10-/m1/s1. The van der Waals surface area contributed by atoms with Gasteiger partial charge in [0.1, 0.15) is 5.75 Å². The number of nitro groups is 1. The van der Waals surface area contributed by atoms with Gasteiger partial charge in [-0.1, -0.05) is 23.5 Å². The molecule has 0 fully saturated rings. The van der Waals surface area contributed by atoms with E-state index in [0.29, 0.717) is 11.4 Å². The van der Waals surface area contributed by atoms with Crippen molar-refractivity contribution in [1.29, 1.82) is 0 Å². The lowest BCUT2D eigenvalue weighted by Crippen LogP contribution is -2.30. The van der Waals surface area contributed by atoms with Crippen molar-refractivity contribution in [1.82, 2.24) is 5.32 Å². The van der Waals surface area contributed by atoms with Gasteiger partial charge in [-0.15, -0.1) is 11.8 Å². The Hall–Kier alpha value is -2.06. The van der Waals surface area contributed by atoms with Crippen molar-refractivity contribution in [3.05, 3.63) is 51.4 Å². The molecule has 1 amide bonds. The molecular weight excluding hydrogens is 336 g/mol. The van der Waals surface area contributed by atoms with Crippen LogP contribution in [0.25, 0.3) is 0 Å². The van der Waals surface area contributed by atoms with E-state index in [4.69, 9.17) is 4.74 Å². The fraction of sp³-hybridized carbons (Fsp3) is 0.267.